The molecule has 0 N–H and O–H groups in total. The van der Waals surface area contributed by atoms with Crippen LogP contribution in [0.4, 0.5) is 9.18 Å². The number of ether oxygens (including phenoxy) is 1. The second-order valence-electron chi connectivity index (χ2n) is 7.83. The van der Waals surface area contributed by atoms with Crippen molar-refractivity contribution in [3.8, 4) is 11.3 Å². The Hall–Kier alpha value is -2.71. The molecule has 29 heavy (non-hydrogen) atoms. The molecule has 0 amide bonds. The van der Waals surface area contributed by atoms with E-state index in [4.69, 9.17) is 4.74 Å². The molecule has 2 aromatic carbocycles. The van der Waals surface area contributed by atoms with E-state index in [9.17, 15) is 17.6 Å². The van der Waals surface area contributed by atoms with E-state index >= 15 is 0 Å². The van der Waals surface area contributed by atoms with Crippen molar-refractivity contribution in [1.82, 2.24) is 8.87 Å². The third-order valence-electron chi connectivity index (χ3n) is 4.28. The van der Waals surface area contributed by atoms with Gasteiger partial charge in [-0.1, -0.05) is 18.2 Å². The first kappa shape index (κ1) is 21.0. The molecule has 0 atom stereocenters. The van der Waals surface area contributed by atoms with E-state index in [1.165, 1.54) is 30.8 Å². The molecule has 6 nitrogen and oxygen atoms in total. The number of hydrogen-bond acceptors (Lipinski definition) is 4. The van der Waals surface area contributed by atoms with E-state index in [0.717, 1.165) is 10.4 Å². The van der Waals surface area contributed by atoms with E-state index in [2.05, 4.69) is 0 Å². The summed E-state index contributed by atoms with van der Waals surface area (Å²) in [4.78, 5) is 12.9. The minimum absolute atomic E-state index is 0.00464. The molecule has 0 unspecified atom stereocenters. The summed E-state index contributed by atoms with van der Waals surface area (Å²) in [6, 6.07) is 12.2. The first-order chi connectivity index (χ1) is 13.4. The van der Waals surface area contributed by atoms with E-state index in [1.807, 2.05) is 0 Å². The standard InChI is InChI=1S/C21H23FN2O4S/c1-21(2,3)28-20(25)24-18-9-7-6-8-14(18)12-19(24)16-13-15(10-11-17(16)22)29(26,27)23(4)5/h6-13H,1-5H3. The van der Waals surface area contributed by atoms with E-state index in [1.54, 1.807) is 51.1 Å². The van der Waals surface area contributed by atoms with Crippen molar-refractivity contribution in [1.29, 1.82) is 0 Å². The molecule has 1 heterocycles. The Morgan fingerprint density at radius 2 is 1.72 bits per heavy atom. The number of nitrogens with zero attached hydrogens (tertiary/aromatic N) is 2. The number of carbonyl (C=O) groups is 1. The van der Waals surface area contributed by atoms with Gasteiger partial charge in [0.25, 0.3) is 0 Å². The van der Waals surface area contributed by atoms with Crippen molar-refractivity contribution >= 4 is 27.0 Å². The van der Waals surface area contributed by atoms with Gasteiger partial charge in [0, 0.05) is 25.0 Å². The van der Waals surface area contributed by atoms with Crippen LogP contribution in [-0.4, -0.2) is 43.1 Å². The molecular weight excluding hydrogens is 395 g/mol. The van der Waals surface area contributed by atoms with Gasteiger partial charge in [0.1, 0.15) is 11.4 Å². The average Bonchev–Trinajstić information content (AvgIpc) is 2.99. The molecule has 0 bridgehead atoms. The molecule has 0 radical (unpaired) electrons. The first-order valence-corrected chi connectivity index (χ1v) is 10.4. The Balaban J connectivity index is 2.28. The van der Waals surface area contributed by atoms with Crippen LogP contribution in [0.25, 0.3) is 22.2 Å². The van der Waals surface area contributed by atoms with Gasteiger partial charge in [-0.15, -0.1) is 0 Å². The highest BCUT2D eigenvalue weighted by molar-refractivity contribution is 7.89. The summed E-state index contributed by atoms with van der Waals surface area (Å²) < 4.78 is 47.6. The molecule has 0 fully saturated rings. The van der Waals surface area contributed by atoms with Gasteiger partial charge in [0.05, 0.1) is 16.1 Å². The summed E-state index contributed by atoms with van der Waals surface area (Å²) in [5.41, 5.74) is -0.00487. The van der Waals surface area contributed by atoms with Crippen LogP contribution in [0.1, 0.15) is 20.8 Å². The van der Waals surface area contributed by atoms with Crippen molar-refractivity contribution in [2.24, 2.45) is 0 Å². The Kier molecular flexibility index (Phi) is 5.27. The topological polar surface area (TPSA) is 68.6 Å². The number of para-hydroxylation sites is 1. The van der Waals surface area contributed by atoms with Crippen molar-refractivity contribution in [2.75, 3.05) is 14.1 Å². The third-order valence-corrected chi connectivity index (χ3v) is 6.09. The Labute approximate surface area is 169 Å². The third kappa shape index (κ3) is 4.04. The number of sulfonamides is 1. The maximum Gasteiger partial charge on any atom is 0.419 e. The van der Waals surface area contributed by atoms with Crippen LogP contribution >= 0.6 is 0 Å². The first-order valence-electron chi connectivity index (χ1n) is 8.98. The van der Waals surface area contributed by atoms with Crippen LogP contribution in [0.2, 0.25) is 0 Å². The summed E-state index contributed by atoms with van der Waals surface area (Å²) in [6.07, 6.45) is -0.672. The molecule has 0 saturated carbocycles. The Morgan fingerprint density at radius 3 is 2.34 bits per heavy atom. The molecule has 0 spiro atoms. The second kappa shape index (κ2) is 7.27. The van der Waals surface area contributed by atoms with Crippen LogP contribution in [0.3, 0.4) is 0 Å². The minimum Gasteiger partial charge on any atom is -0.443 e. The Bertz CT molecular complexity index is 1190. The number of aromatic nitrogens is 1. The fourth-order valence-electron chi connectivity index (χ4n) is 2.93. The molecule has 0 aliphatic heterocycles. The molecule has 154 valence electrons. The average molecular weight is 418 g/mol. The van der Waals surface area contributed by atoms with Gasteiger partial charge >= 0.3 is 6.09 Å². The van der Waals surface area contributed by atoms with Gasteiger partial charge in [-0.25, -0.2) is 26.5 Å². The summed E-state index contributed by atoms with van der Waals surface area (Å²) in [5.74, 6) is -0.643. The SMILES string of the molecule is CN(C)S(=O)(=O)c1ccc(F)c(-c2cc3ccccc3n2C(=O)OC(C)(C)C)c1. The van der Waals surface area contributed by atoms with Crippen molar-refractivity contribution in [2.45, 2.75) is 31.3 Å². The molecule has 8 heteroatoms. The van der Waals surface area contributed by atoms with Crippen LogP contribution in [0.15, 0.2) is 53.4 Å². The molecule has 1 aromatic heterocycles. The number of carbonyl (C=O) groups excluding carboxylic acids is 1. The molecule has 0 saturated heterocycles. The van der Waals surface area contributed by atoms with Crippen LogP contribution < -0.4 is 0 Å². The number of fused-ring (bicyclic) bond motifs is 1. The van der Waals surface area contributed by atoms with Crippen molar-refractivity contribution in [3.05, 3.63) is 54.3 Å². The fraction of sp³-hybridized carbons (Fsp3) is 0.286. The molecular formula is C21H23FN2O4S. The zero-order chi connectivity index (χ0) is 21.6. The Morgan fingerprint density at radius 1 is 1.07 bits per heavy atom. The van der Waals surface area contributed by atoms with Crippen molar-refractivity contribution < 1.29 is 22.3 Å². The monoisotopic (exact) mass is 418 g/mol. The van der Waals surface area contributed by atoms with Crippen LogP contribution in [-0.2, 0) is 14.8 Å². The van der Waals surface area contributed by atoms with Crippen molar-refractivity contribution in [3.63, 3.8) is 0 Å². The molecule has 3 rings (SSSR count). The van der Waals surface area contributed by atoms with Gasteiger partial charge in [0.2, 0.25) is 10.0 Å². The summed E-state index contributed by atoms with van der Waals surface area (Å²) >= 11 is 0. The summed E-state index contributed by atoms with van der Waals surface area (Å²) in [7, 11) is -0.977. The van der Waals surface area contributed by atoms with E-state index in [-0.39, 0.29) is 16.2 Å². The highest BCUT2D eigenvalue weighted by atomic mass is 32.2. The maximum absolute atomic E-state index is 14.8. The minimum atomic E-state index is -3.77. The number of hydrogen-bond donors (Lipinski definition) is 0. The summed E-state index contributed by atoms with van der Waals surface area (Å²) in [5, 5.41) is 0.702. The largest absolute Gasteiger partial charge is 0.443 e. The molecule has 0 aliphatic rings. The van der Waals surface area contributed by atoms with Gasteiger partial charge < -0.3 is 4.74 Å². The number of halogens is 1. The zero-order valence-corrected chi connectivity index (χ0v) is 17.7. The predicted octanol–water partition coefficient (Wildman–Crippen LogP) is 4.48. The lowest BCUT2D eigenvalue weighted by Gasteiger charge is -2.21. The normalized spacial score (nSPS) is 12.5. The lowest BCUT2D eigenvalue weighted by Crippen LogP contribution is -2.27. The quantitative estimate of drug-likeness (QED) is 0.629. The van der Waals surface area contributed by atoms with Gasteiger partial charge in [-0.2, -0.15) is 0 Å². The second-order valence-corrected chi connectivity index (χ2v) is 9.99. The summed E-state index contributed by atoms with van der Waals surface area (Å²) in [6.45, 7) is 5.21. The van der Waals surface area contributed by atoms with E-state index < -0.39 is 27.5 Å². The molecule has 0 aliphatic carbocycles. The predicted molar refractivity (Wildman–Crippen MR) is 110 cm³/mol. The maximum atomic E-state index is 14.8. The van der Waals surface area contributed by atoms with Crippen LogP contribution in [0.5, 0.6) is 0 Å². The fourth-order valence-corrected chi connectivity index (χ4v) is 3.86. The van der Waals surface area contributed by atoms with Gasteiger partial charge in [-0.3, -0.25) is 0 Å². The molecule has 3 aromatic rings. The van der Waals surface area contributed by atoms with E-state index in [0.29, 0.717) is 10.9 Å². The zero-order valence-electron chi connectivity index (χ0n) is 16.9. The van der Waals surface area contributed by atoms with Gasteiger partial charge in [-0.05, 0) is 51.1 Å². The smallest absolute Gasteiger partial charge is 0.419 e. The van der Waals surface area contributed by atoms with Gasteiger partial charge in [0.15, 0.2) is 0 Å². The lowest BCUT2D eigenvalue weighted by atomic mass is 10.1. The van der Waals surface area contributed by atoms with Crippen LogP contribution in [0, 0.1) is 5.82 Å². The lowest BCUT2D eigenvalue weighted by molar-refractivity contribution is 0.0547. The number of rotatable bonds is 3. The highest BCUT2D eigenvalue weighted by Crippen LogP contribution is 2.32. The highest BCUT2D eigenvalue weighted by Gasteiger charge is 2.25. The number of benzene rings is 2.